The Balaban J connectivity index is 1.73. The summed E-state index contributed by atoms with van der Waals surface area (Å²) < 4.78 is 68.4. The van der Waals surface area contributed by atoms with Gasteiger partial charge in [0.15, 0.2) is 0 Å². The molecule has 1 aliphatic heterocycles. The number of aromatic nitrogens is 1. The standard InChI is InChI=1S/C20H22ClF5N4O3/c21-16(13-8-12(33-19(22)23)9-14(28-13)20(24,25)26)17(27)18(32)29-6-7-30(15(31)10-29)11-4-2-1-3-5-11/h8-9,11,16,19,27H,1-7,10H2. The molecule has 0 spiro atoms. The number of halogens is 6. The second-order valence-electron chi connectivity index (χ2n) is 7.87. The van der Waals surface area contributed by atoms with Crippen molar-refractivity contribution in [1.82, 2.24) is 14.8 Å². The molecule has 2 fully saturated rings. The van der Waals surface area contributed by atoms with Gasteiger partial charge in [0.1, 0.15) is 29.1 Å². The second-order valence-corrected chi connectivity index (χ2v) is 8.31. The van der Waals surface area contributed by atoms with Gasteiger partial charge in [-0.2, -0.15) is 22.0 Å². The molecule has 182 valence electrons. The normalized spacial score (nSPS) is 19.1. The van der Waals surface area contributed by atoms with E-state index in [2.05, 4.69) is 9.72 Å². The number of pyridine rings is 1. The van der Waals surface area contributed by atoms with Crippen molar-refractivity contribution in [1.29, 1.82) is 5.41 Å². The number of alkyl halides is 6. The van der Waals surface area contributed by atoms with Crippen LogP contribution in [-0.2, 0) is 15.8 Å². The van der Waals surface area contributed by atoms with E-state index in [1.165, 1.54) is 0 Å². The Labute approximate surface area is 191 Å². The van der Waals surface area contributed by atoms with Crippen LogP contribution in [0.4, 0.5) is 22.0 Å². The van der Waals surface area contributed by atoms with Crippen LogP contribution in [0.2, 0.25) is 0 Å². The van der Waals surface area contributed by atoms with Gasteiger partial charge in [0, 0.05) is 31.3 Å². The molecule has 1 unspecified atom stereocenters. The molecule has 2 aliphatic rings. The molecule has 1 saturated carbocycles. The zero-order chi connectivity index (χ0) is 24.3. The van der Waals surface area contributed by atoms with E-state index in [1.54, 1.807) is 4.90 Å². The first-order valence-electron chi connectivity index (χ1n) is 10.3. The first-order valence-corrected chi connectivity index (χ1v) is 10.8. The van der Waals surface area contributed by atoms with Crippen molar-refractivity contribution in [2.24, 2.45) is 0 Å². The molecule has 0 aromatic carbocycles. The van der Waals surface area contributed by atoms with Crippen molar-refractivity contribution in [3.63, 3.8) is 0 Å². The molecular weight excluding hydrogens is 475 g/mol. The summed E-state index contributed by atoms with van der Waals surface area (Å²) in [7, 11) is 0. The molecular formula is C20H22ClF5N4O3. The van der Waals surface area contributed by atoms with Crippen LogP contribution in [-0.4, -0.2) is 64.6 Å². The molecule has 3 rings (SSSR count). The number of carbonyl (C=O) groups is 2. The first-order chi connectivity index (χ1) is 15.5. The highest BCUT2D eigenvalue weighted by atomic mass is 35.5. The van der Waals surface area contributed by atoms with Crippen LogP contribution in [0.1, 0.15) is 48.9 Å². The van der Waals surface area contributed by atoms with Crippen molar-refractivity contribution in [3.05, 3.63) is 23.5 Å². The van der Waals surface area contributed by atoms with Crippen LogP contribution in [0.25, 0.3) is 0 Å². The highest BCUT2D eigenvalue weighted by Crippen LogP contribution is 2.34. The summed E-state index contributed by atoms with van der Waals surface area (Å²) in [4.78, 5) is 31.4. The summed E-state index contributed by atoms with van der Waals surface area (Å²) in [6.07, 6.45) is -0.0488. The van der Waals surface area contributed by atoms with E-state index in [0.717, 1.165) is 37.0 Å². The van der Waals surface area contributed by atoms with Crippen LogP contribution in [0.3, 0.4) is 0 Å². The Morgan fingerprint density at radius 3 is 2.42 bits per heavy atom. The molecule has 1 saturated heterocycles. The lowest BCUT2D eigenvalue weighted by atomic mass is 9.93. The minimum atomic E-state index is -5.00. The smallest absolute Gasteiger partial charge is 0.433 e. The predicted octanol–water partition coefficient (Wildman–Crippen LogP) is 4.00. The van der Waals surface area contributed by atoms with Gasteiger partial charge in [-0.3, -0.25) is 15.0 Å². The van der Waals surface area contributed by atoms with Crippen molar-refractivity contribution in [3.8, 4) is 5.75 Å². The first kappa shape index (κ1) is 25.1. The van der Waals surface area contributed by atoms with Crippen molar-refractivity contribution >= 4 is 29.1 Å². The van der Waals surface area contributed by atoms with Gasteiger partial charge in [0.25, 0.3) is 5.91 Å². The van der Waals surface area contributed by atoms with Crippen molar-refractivity contribution in [2.45, 2.75) is 56.3 Å². The molecule has 2 amide bonds. The topological polar surface area (TPSA) is 86.6 Å². The Morgan fingerprint density at radius 2 is 1.85 bits per heavy atom. The zero-order valence-corrected chi connectivity index (χ0v) is 18.1. The van der Waals surface area contributed by atoms with E-state index in [-0.39, 0.29) is 37.6 Å². The number of hydrogen-bond acceptors (Lipinski definition) is 5. The highest BCUT2D eigenvalue weighted by Gasteiger charge is 2.37. The van der Waals surface area contributed by atoms with Gasteiger partial charge < -0.3 is 14.5 Å². The lowest BCUT2D eigenvalue weighted by Crippen LogP contribution is -2.56. The minimum absolute atomic E-state index is 0.117. The highest BCUT2D eigenvalue weighted by molar-refractivity contribution is 6.49. The predicted molar refractivity (Wildman–Crippen MR) is 107 cm³/mol. The number of nitrogens with one attached hydrogen (secondary N) is 1. The Hall–Kier alpha value is -2.50. The third-order valence-corrected chi connectivity index (χ3v) is 6.08. The lowest BCUT2D eigenvalue weighted by Gasteiger charge is -2.40. The van der Waals surface area contributed by atoms with Gasteiger partial charge in [0.05, 0.1) is 5.69 Å². The zero-order valence-electron chi connectivity index (χ0n) is 17.4. The van der Waals surface area contributed by atoms with E-state index in [4.69, 9.17) is 17.0 Å². The maximum absolute atomic E-state index is 13.1. The van der Waals surface area contributed by atoms with Crippen molar-refractivity contribution in [2.75, 3.05) is 19.6 Å². The SMILES string of the molecule is N=C(C(=O)N1CCN(C2CCCCC2)C(=O)C1)C(Cl)c1cc(OC(F)F)cc(C(F)(F)F)n1. The molecule has 7 nitrogen and oxygen atoms in total. The Bertz CT molecular complexity index is 908. The monoisotopic (exact) mass is 496 g/mol. The van der Waals surface area contributed by atoms with Gasteiger partial charge in [-0.05, 0) is 12.8 Å². The molecule has 1 N–H and O–H groups in total. The van der Waals surface area contributed by atoms with Gasteiger partial charge >= 0.3 is 12.8 Å². The number of nitrogens with zero attached hydrogens (tertiary/aromatic N) is 3. The quantitative estimate of drug-likeness (QED) is 0.366. The van der Waals surface area contributed by atoms with Crippen molar-refractivity contribution < 1.29 is 36.3 Å². The molecule has 33 heavy (non-hydrogen) atoms. The van der Waals surface area contributed by atoms with E-state index in [9.17, 15) is 31.5 Å². The molecule has 0 radical (unpaired) electrons. The fourth-order valence-corrected chi connectivity index (χ4v) is 4.24. The number of hydrogen-bond donors (Lipinski definition) is 1. The minimum Gasteiger partial charge on any atom is -0.435 e. The fourth-order valence-electron chi connectivity index (χ4n) is 4.04. The van der Waals surface area contributed by atoms with Crippen LogP contribution < -0.4 is 4.74 Å². The largest absolute Gasteiger partial charge is 0.435 e. The number of rotatable bonds is 6. The average molecular weight is 497 g/mol. The summed E-state index contributed by atoms with van der Waals surface area (Å²) in [5.74, 6) is -2.07. The molecule has 1 aromatic heterocycles. The van der Waals surface area contributed by atoms with Crippen LogP contribution in [0, 0.1) is 5.41 Å². The number of piperazine rings is 1. The third-order valence-electron chi connectivity index (χ3n) is 5.64. The van der Waals surface area contributed by atoms with Gasteiger partial charge in [-0.25, -0.2) is 4.98 Å². The van der Waals surface area contributed by atoms with Gasteiger partial charge in [-0.1, -0.05) is 19.3 Å². The van der Waals surface area contributed by atoms with Crippen LogP contribution in [0.15, 0.2) is 12.1 Å². The number of carbonyl (C=O) groups excluding carboxylic acids is 2. The average Bonchev–Trinajstić information content (AvgIpc) is 2.76. The Kier molecular flexibility index (Phi) is 7.76. The molecule has 1 aliphatic carbocycles. The molecule has 13 heteroatoms. The van der Waals surface area contributed by atoms with Gasteiger partial charge in [-0.15, -0.1) is 11.6 Å². The number of ether oxygens (including phenoxy) is 1. The summed E-state index contributed by atoms with van der Waals surface area (Å²) in [5.41, 5.74) is -3.03. The van der Waals surface area contributed by atoms with E-state index >= 15 is 0 Å². The van der Waals surface area contributed by atoms with Gasteiger partial charge in [0.2, 0.25) is 5.91 Å². The fraction of sp³-hybridized carbons (Fsp3) is 0.600. The summed E-state index contributed by atoms with van der Waals surface area (Å²) in [5, 5.41) is 6.29. The van der Waals surface area contributed by atoms with E-state index in [1.807, 2.05) is 0 Å². The lowest BCUT2D eigenvalue weighted by molar-refractivity contribution is -0.145. The molecule has 1 atom stereocenters. The van der Waals surface area contributed by atoms with E-state index < -0.39 is 46.9 Å². The second kappa shape index (κ2) is 10.2. The van der Waals surface area contributed by atoms with E-state index in [0.29, 0.717) is 6.07 Å². The van der Waals surface area contributed by atoms with Crippen LogP contribution in [0.5, 0.6) is 5.75 Å². The molecule has 2 heterocycles. The number of amides is 2. The molecule has 0 bridgehead atoms. The third kappa shape index (κ3) is 6.10. The summed E-state index contributed by atoms with van der Waals surface area (Å²) in [6.45, 7) is -3.26. The molecule has 1 aromatic rings. The maximum Gasteiger partial charge on any atom is 0.433 e. The Morgan fingerprint density at radius 1 is 1.18 bits per heavy atom. The summed E-state index contributed by atoms with van der Waals surface area (Å²) in [6, 6.07) is 1.10. The summed E-state index contributed by atoms with van der Waals surface area (Å²) >= 11 is 6.05. The maximum atomic E-state index is 13.1. The van der Waals surface area contributed by atoms with Crippen LogP contribution >= 0.6 is 11.6 Å².